The van der Waals surface area contributed by atoms with E-state index in [1.165, 1.54) is 0 Å². The highest BCUT2D eigenvalue weighted by molar-refractivity contribution is 6.05. The van der Waals surface area contributed by atoms with Crippen LogP contribution in [0.5, 0.6) is 23.0 Å². The van der Waals surface area contributed by atoms with Crippen LogP contribution in [-0.2, 0) is 0 Å². The fourth-order valence-corrected chi connectivity index (χ4v) is 1.74. The first kappa shape index (κ1) is 14.5. The van der Waals surface area contributed by atoms with Crippen LogP contribution in [0.4, 0.5) is 5.69 Å². The van der Waals surface area contributed by atoms with Gasteiger partial charge in [0.25, 0.3) is 5.91 Å². The van der Waals surface area contributed by atoms with E-state index in [1.807, 2.05) is 6.92 Å². The summed E-state index contributed by atoms with van der Waals surface area (Å²) >= 11 is 0. The number of carbonyl (C=O) groups is 1. The summed E-state index contributed by atoms with van der Waals surface area (Å²) in [6.45, 7) is 2.43. The Morgan fingerprint density at radius 3 is 2.19 bits per heavy atom. The number of aromatic hydroxyl groups is 3. The van der Waals surface area contributed by atoms with Crippen LogP contribution < -0.4 is 10.1 Å². The van der Waals surface area contributed by atoms with Crippen LogP contribution in [0.1, 0.15) is 17.3 Å². The van der Waals surface area contributed by atoms with Gasteiger partial charge in [0.15, 0.2) is 17.2 Å². The summed E-state index contributed by atoms with van der Waals surface area (Å²) in [5.74, 6) is -1.62. The van der Waals surface area contributed by atoms with Crippen molar-refractivity contribution in [1.29, 1.82) is 0 Å². The number of amides is 1. The van der Waals surface area contributed by atoms with Gasteiger partial charge in [0, 0.05) is 11.3 Å². The van der Waals surface area contributed by atoms with Crippen molar-refractivity contribution in [2.45, 2.75) is 6.92 Å². The minimum atomic E-state index is -0.660. The van der Waals surface area contributed by atoms with E-state index >= 15 is 0 Å². The maximum atomic E-state index is 12.0. The fourth-order valence-electron chi connectivity index (χ4n) is 1.74. The molecule has 0 unspecified atom stereocenters. The Morgan fingerprint density at radius 2 is 1.67 bits per heavy atom. The molecule has 6 heteroatoms. The lowest BCUT2D eigenvalue weighted by Gasteiger charge is -2.08. The molecule has 0 saturated heterocycles. The van der Waals surface area contributed by atoms with Gasteiger partial charge in [-0.3, -0.25) is 4.79 Å². The zero-order valence-corrected chi connectivity index (χ0v) is 11.3. The van der Waals surface area contributed by atoms with Gasteiger partial charge in [-0.05, 0) is 43.3 Å². The van der Waals surface area contributed by atoms with Crippen molar-refractivity contribution in [3.8, 4) is 23.0 Å². The highest BCUT2D eigenvalue weighted by atomic mass is 16.5. The first-order valence-corrected chi connectivity index (χ1v) is 6.30. The smallest absolute Gasteiger partial charge is 0.255 e. The van der Waals surface area contributed by atoms with Crippen molar-refractivity contribution in [2.24, 2.45) is 0 Å². The molecule has 2 aromatic carbocycles. The predicted octanol–water partition coefficient (Wildman–Crippen LogP) is 2.45. The second-order valence-electron chi connectivity index (χ2n) is 4.27. The van der Waals surface area contributed by atoms with Gasteiger partial charge in [0.1, 0.15) is 5.75 Å². The van der Waals surface area contributed by atoms with Crippen molar-refractivity contribution < 1.29 is 24.9 Å². The molecule has 110 valence electrons. The number of carbonyl (C=O) groups excluding carboxylic acids is 1. The molecule has 0 bridgehead atoms. The average Bonchev–Trinajstić information content (AvgIpc) is 2.46. The molecule has 0 atom stereocenters. The van der Waals surface area contributed by atoms with Gasteiger partial charge >= 0.3 is 0 Å². The summed E-state index contributed by atoms with van der Waals surface area (Å²) in [6.07, 6.45) is 0. The minimum Gasteiger partial charge on any atom is -0.504 e. The summed E-state index contributed by atoms with van der Waals surface area (Å²) in [5, 5.41) is 30.6. The Hall–Kier alpha value is -2.89. The molecule has 0 aliphatic rings. The van der Waals surface area contributed by atoms with Crippen LogP contribution in [-0.4, -0.2) is 27.8 Å². The molecule has 0 radical (unpaired) electrons. The lowest BCUT2D eigenvalue weighted by Crippen LogP contribution is -2.11. The highest BCUT2D eigenvalue weighted by Crippen LogP contribution is 2.35. The van der Waals surface area contributed by atoms with Crippen LogP contribution in [0.15, 0.2) is 36.4 Å². The summed E-state index contributed by atoms with van der Waals surface area (Å²) in [6, 6.07) is 8.90. The van der Waals surface area contributed by atoms with Gasteiger partial charge in [-0.15, -0.1) is 0 Å². The molecule has 6 nitrogen and oxygen atoms in total. The summed E-state index contributed by atoms with van der Waals surface area (Å²) in [7, 11) is 0. The molecule has 0 aliphatic heterocycles. The van der Waals surface area contributed by atoms with Gasteiger partial charge in [-0.2, -0.15) is 0 Å². The molecule has 0 aromatic heterocycles. The van der Waals surface area contributed by atoms with Crippen LogP contribution >= 0.6 is 0 Å². The largest absolute Gasteiger partial charge is 0.504 e. The first-order valence-electron chi connectivity index (χ1n) is 6.30. The molecule has 0 fully saturated rings. The van der Waals surface area contributed by atoms with E-state index in [0.717, 1.165) is 12.1 Å². The number of phenols is 3. The van der Waals surface area contributed by atoms with Crippen LogP contribution in [0.25, 0.3) is 0 Å². The SMILES string of the molecule is CCOc1ccc(NC(=O)c2cc(O)c(O)c(O)c2)cc1. The second-order valence-corrected chi connectivity index (χ2v) is 4.27. The third kappa shape index (κ3) is 3.36. The molecule has 0 spiro atoms. The Morgan fingerprint density at radius 1 is 1.10 bits per heavy atom. The quantitative estimate of drug-likeness (QED) is 0.648. The minimum absolute atomic E-state index is 0.0247. The molecule has 1 amide bonds. The highest BCUT2D eigenvalue weighted by Gasteiger charge is 2.13. The normalized spacial score (nSPS) is 10.1. The Kier molecular flexibility index (Phi) is 4.18. The predicted molar refractivity (Wildman–Crippen MR) is 77.0 cm³/mol. The van der Waals surface area contributed by atoms with E-state index in [2.05, 4.69) is 5.32 Å². The van der Waals surface area contributed by atoms with Crippen LogP contribution in [0, 0.1) is 0 Å². The number of anilines is 1. The Balaban J connectivity index is 2.14. The number of benzene rings is 2. The van der Waals surface area contributed by atoms with Crippen molar-refractivity contribution in [2.75, 3.05) is 11.9 Å². The van der Waals surface area contributed by atoms with Crippen molar-refractivity contribution in [3.63, 3.8) is 0 Å². The molecule has 0 heterocycles. The first-order chi connectivity index (χ1) is 10.0. The molecular weight excluding hydrogens is 274 g/mol. The van der Waals surface area contributed by atoms with Crippen LogP contribution in [0.3, 0.4) is 0 Å². The second kappa shape index (κ2) is 6.04. The van der Waals surface area contributed by atoms with E-state index < -0.39 is 23.2 Å². The maximum absolute atomic E-state index is 12.0. The van der Waals surface area contributed by atoms with Gasteiger partial charge in [0.05, 0.1) is 6.61 Å². The summed E-state index contributed by atoms with van der Waals surface area (Å²) < 4.78 is 5.29. The van der Waals surface area contributed by atoms with E-state index in [9.17, 15) is 20.1 Å². The van der Waals surface area contributed by atoms with Gasteiger partial charge < -0.3 is 25.4 Å². The van der Waals surface area contributed by atoms with Crippen molar-refractivity contribution in [3.05, 3.63) is 42.0 Å². The number of nitrogens with one attached hydrogen (secondary N) is 1. The van der Waals surface area contributed by atoms with Gasteiger partial charge in [-0.1, -0.05) is 0 Å². The van der Waals surface area contributed by atoms with E-state index in [-0.39, 0.29) is 5.56 Å². The van der Waals surface area contributed by atoms with Crippen molar-refractivity contribution >= 4 is 11.6 Å². The van der Waals surface area contributed by atoms with E-state index in [0.29, 0.717) is 18.0 Å². The zero-order chi connectivity index (χ0) is 15.4. The fraction of sp³-hybridized carbons (Fsp3) is 0.133. The number of ether oxygens (including phenoxy) is 1. The molecule has 4 N–H and O–H groups in total. The lowest BCUT2D eigenvalue weighted by atomic mass is 10.1. The van der Waals surface area contributed by atoms with Crippen molar-refractivity contribution in [1.82, 2.24) is 0 Å². The number of hydrogen-bond donors (Lipinski definition) is 4. The molecule has 2 rings (SSSR count). The molecule has 0 saturated carbocycles. The van der Waals surface area contributed by atoms with Crippen LogP contribution in [0.2, 0.25) is 0 Å². The summed E-state index contributed by atoms with van der Waals surface area (Å²) in [4.78, 5) is 12.0. The van der Waals surface area contributed by atoms with E-state index in [1.54, 1.807) is 24.3 Å². The van der Waals surface area contributed by atoms with E-state index in [4.69, 9.17) is 4.74 Å². The number of phenolic OH excluding ortho intramolecular Hbond substituents is 3. The molecule has 0 aliphatic carbocycles. The zero-order valence-electron chi connectivity index (χ0n) is 11.3. The standard InChI is InChI=1S/C15H15NO5/c1-2-21-11-5-3-10(4-6-11)16-15(20)9-7-12(17)14(19)13(18)8-9/h3-8,17-19H,2H2,1H3,(H,16,20). The number of rotatable bonds is 4. The lowest BCUT2D eigenvalue weighted by molar-refractivity contribution is 0.102. The third-order valence-corrected chi connectivity index (χ3v) is 2.76. The van der Waals surface area contributed by atoms with Gasteiger partial charge in [0.2, 0.25) is 0 Å². The molecule has 2 aromatic rings. The molecular formula is C15H15NO5. The monoisotopic (exact) mass is 289 g/mol. The maximum Gasteiger partial charge on any atom is 0.255 e. The number of hydrogen-bond acceptors (Lipinski definition) is 5. The Bertz CT molecular complexity index is 629. The summed E-state index contributed by atoms with van der Waals surface area (Å²) in [5.41, 5.74) is 0.562. The molecule has 21 heavy (non-hydrogen) atoms. The van der Waals surface area contributed by atoms with Gasteiger partial charge in [-0.25, -0.2) is 0 Å². The third-order valence-electron chi connectivity index (χ3n) is 2.76. The average molecular weight is 289 g/mol. The topological polar surface area (TPSA) is 99.0 Å². The Labute approximate surface area is 121 Å².